The third-order valence-electron chi connectivity index (χ3n) is 7.03. The van der Waals surface area contributed by atoms with Gasteiger partial charge in [-0.2, -0.15) is 0 Å². The number of benzene rings is 2. The fourth-order valence-electron chi connectivity index (χ4n) is 5.21. The first-order valence-corrected chi connectivity index (χ1v) is 12.5. The Morgan fingerprint density at radius 2 is 1.76 bits per heavy atom. The first kappa shape index (κ1) is 23.0. The quantitative estimate of drug-likeness (QED) is 0.463. The fraction of sp³-hybridized carbons (Fsp3) is 0.519. The normalized spacial score (nSPS) is 22.1. The molecule has 1 unspecified atom stereocenters. The van der Waals surface area contributed by atoms with Crippen LogP contribution in [0, 0.1) is 11.7 Å². The highest BCUT2D eigenvalue weighted by atomic mass is 19.1. The van der Waals surface area contributed by atoms with E-state index in [1.165, 1.54) is 31.4 Å². The molecular formula is C27H33FN3O3-. The van der Waals surface area contributed by atoms with Crippen molar-refractivity contribution >= 4 is 11.6 Å². The van der Waals surface area contributed by atoms with Crippen LogP contribution in [0.2, 0.25) is 0 Å². The molecule has 34 heavy (non-hydrogen) atoms. The van der Waals surface area contributed by atoms with Crippen LogP contribution >= 0.6 is 0 Å². The number of rotatable bonds is 7. The van der Waals surface area contributed by atoms with Crippen molar-refractivity contribution in [2.75, 3.05) is 50.8 Å². The van der Waals surface area contributed by atoms with E-state index in [1.807, 2.05) is 12.1 Å². The van der Waals surface area contributed by atoms with Crippen LogP contribution in [-0.2, 0) is 6.42 Å². The highest BCUT2D eigenvalue weighted by Crippen LogP contribution is 2.31. The van der Waals surface area contributed by atoms with Crippen LogP contribution in [-0.4, -0.2) is 62.8 Å². The van der Waals surface area contributed by atoms with E-state index in [-0.39, 0.29) is 23.7 Å². The number of aliphatic imine (C=N–C) groups is 1. The second-order valence-electron chi connectivity index (χ2n) is 9.57. The van der Waals surface area contributed by atoms with E-state index in [0.717, 1.165) is 55.3 Å². The number of likely N-dealkylation sites (tertiary alicyclic amines) is 1. The molecule has 2 aromatic rings. The summed E-state index contributed by atoms with van der Waals surface area (Å²) in [5.41, 5.74) is 2.07. The van der Waals surface area contributed by atoms with Gasteiger partial charge in [0.05, 0.1) is 6.04 Å². The predicted molar refractivity (Wildman–Crippen MR) is 129 cm³/mol. The Hall–Kier alpha value is -2.80. The summed E-state index contributed by atoms with van der Waals surface area (Å²) in [6, 6.07) is 12.5. The standard InChI is InChI=1S/C27H34FN3O3/c28-22-5-7-24(8-6-22)31-13-10-21(18-31)27(32)29-23(19-30-11-2-1-3-12-30)16-20-4-9-25-26(17-20)34-15-14-33-25/h4-9,17,21,23H,1-3,10-16,18-19H2,(H,29,32)/p-1/t21-,23?/m1/s1. The number of nitrogens with zero attached hydrogens (tertiary/aromatic N) is 3. The van der Waals surface area contributed by atoms with Gasteiger partial charge in [0.2, 0.25) is 0 Å². The smallest absolute Gasteiger partial charge is 0.161 e. The van der Waals surface area contributed by atoms with Crippen molar-refractivity contribution in [1.29, 1.82) is 0 Å². The van der Waals surface area contributed by atoms with Crippen LogP contribution in [0.3, 0.4) is 0 Å². The number of fused-ring (bicyclic) bond motifs is 1. The van der Waals surface area contributed by atoms with Crippen molar-refractivity contribution < 1.29 is 19.0 Å². The Bertz CT molecular complexity index is 991. The number of piperidine rings is 1. The van der Waals surface area contributed by atoms with Crippen LogP contribution < -0.4 is 19.5 Å². The summed E-state index contributed by atoms with van der Waals surface area (Å²) in [5, 5.41) is 13.2. The summed E-state index contributed by atoms with van der Waals surface area (Å²) in [6.07, 6.45) is 5.17. The van der Waals surface area contributed by atoms with Gasteiger partial charge in [0.25, 0.3) is 0 Å². The number of ether oxygens (including phenoxy) is 2. The van der Waals surface area contributed by atoms with E-state index >= 15 is 0 Å². The molecule has 0 amide bonds. The lowest BCUT2D eigenvalue weighted by molar-refractivity contribution is -0.223. The van der Waals surface area contributed by atoms with Gasteiger partial charge in [-0.15, -0.1) is 0 Å². The van der Waals surface area contributed by atoms with Crippen molar-refractivity contribution in [3.05, 3.63) is 53.8 Å². The van der Waals surface area contributed by atoms with E-state index in [1.54, 1.807) is 12.1 Å². The Labute approximate surface area is 201 Å². The molecule has 0 saturated carbocycles. The molecule has 0 radical (unpaired) electrons. The highest BCUT2D eigenvalue weighted by Gasteiger charge is 2.24. The minimum absolute atomic E-state index is 0.0100. The van der Waals surface area contributed by atoms with Gasteiger partial charge in [0.1, 0.15) is 19.0 Å². The van der Waals surface area contributed by atoms with Crippen LogP contribution in [0.5, 0.6) is 11.5 Å². The Morgan fingerprint density at radius 1 is 1.00 bits per heavy atom. The molecule has 0 aromatic heterocycles. The van der Waals surface area contributed by atoms with E-state index in [4.69, 9.17) is 14.5 Å². The zero-order valence-electron chi connectivity index (χ0n) is 19.6. The van der Waals surface area contributed by atoms with Gasteiger partial charge in [-0.1, -0.05) is 12.5 Å². The third-order valence-corrected chi connectivity index (χ3v) is 7.03. The molecule has 2 aromatic carbocycles. The van der Waals surface area contributed by atoms with Gasteiger partial charge >= 0.3 is 0 Å². The molecule has 5 rings (SSSR count). The van der Waals surface area contributed by atoms with Crippen LogP contribution in [0.4, 0.5) is 10.1 Å². The van der Waals surface area contributed by atoms with Gasteiger partial charge in [-0.3, -0.25) is 0 Å². The predicted octanol–water partition coefficient (Wildman–Crippen LogP) is 3.28. The maximum Gasteiger partial charge on any atom is 0.161 e. The zero-order chi connectivity index (χ0) is 23.3. The van der Waals surface area contributed by atoms with E-state index < -0.39 is 0 Å². The topological polar surface area (TPSA) is 60.4 Å². The molecule has 0 bridgehead atoms. The molecular weight excluding hydrogens is 433 g/mol. The first-order valence-electron chi connectivity index (χ1n) is 12.5. The minimum Gasteiger partial charge on any atom is -0.862 e. The summed E-state index contributed by atoms with van der Waals surface area (Å²) in [4.78, 5) is 9.36. The number of halogens is 1. The van der Waals surface area contributed by atoms with Gasteiger partial charge in [0.15, 0.2) is 11.5 Å². The van der Waals surface area contributed by atoms with E-state index in [2.05, 4.69) is 15.9 Å². The van der Waals surface area contributed by atoms with Crippen molar-refractivity contribution in [2.24, 2.45) is 10.9 Å². The molecule has 2 saturated heterocycles. The lowest BCUT2D eigenvalue weighted by atomic mass is 10.0. The lowest BCUT2D eigenvalue weighted by Gasteiger charge is -2.31. The van der Waals surface area contributed by atoms with Crippen molar-refractivity contribution in [1.82, 2.24) is 4.90 Å². The number of hydrogen-bond donors (Lipinski definition) is 0. The second-order valence-corrected chi connectivity index (χ2v) is 9.57. The molecule has 0 N–H and O–H groups in total. The molecule has 182 valence electrons. The maximum atomic E-state index is 13.3. The van der Waals surface area contributed by atoms with Crippen molar-refractivity contribution in [3.63, 3.8) is 0 Å². The summed E-state index contributed by atoms with van der Waals surface area (Å²) >= 11 is 0. The van der Waals surface area contributed by atoms with Crippen LogP contribution in [0.25, 0.3) is 0 Å². The highest BCUT2D eigenvalue weighted by molar-refractivity contribution is 5.76. The maximum absolute atomic E-state index is 13.3. The minimum atomic E-state index is -0.245. The largest absolute Gasteiger partial charge is 0.862 e. The Morgan fingerprint density at radius 3 is 2.56 bits per heavy atom. The number of anilines is 1. The van der Waals surface area contributed by atoms with Crippen LogP contribution in [0.1, 0.15) is 31.2 Å². The first-order chi connectivity index (χ1) is 16.6. The Kier molecular flexibility index (Phi) is 7.19. The SMILES string of the molecule is [O-]C(=NC(Cc1ccc2c(c1)OCCO2)CN1CCCCC1)[C@@H]1CCN(c2ccc(F)cc2)C1. The number of hydrogen-bond acceptors (Lipinski definition) is 6. The molecule has 3 aliphatic rings. The molecule has 0 spiro atoms. The molecule has 3 aliphatic heterocycles. The summed E-state index contributed by atoms with van der Waals surface area (Å²) in [5.74, 6) is 1.18. The van der Waals surface area contributed by atoms with E-state index in [9.17, 15) is 9.50 Å². The summed E-state index contributed by atoms with van der Waals surface area (Å²) in [7, 11) is 0. The second kappa shape index (κ2) is 10.6. The molecule has 7 heteroatoms. The third kappa shape index (κ3) is 5.63. The molecule has 0 aliphatic carbocycles. The summed E-state index contributed by atoms with van der Waals surface area (Å²) < 4.78 is 24.7. The van der Waals surface area contributed by atoms with Gasteiger partial charge in [-0.05, 0) is 86.6 Å². The van der Waals surface area contributed by atoms with Crippen molar-refractivity contribution in [2.45, 2.75) is 38.1 Å². The van der Waals surface area contributed by atoms with Crippen molar-refractivity contribution in [3.8, 4) is 11.5 Å². The monoisotopic (exact) mass is 466 g/mol. The molecule has 2 atom stereocenters. The van der Waals surface area contributed by atoms with Gasteiger partial charge in [0, 0.05) is 31.2 Å². The molecule has 6 nitrogen and oxygen atoms in total. The zero-order valence-corrected chi connectivity index (χ0v) is 19.6. The lowest BCUT2D eigenvalue weighted by Crippen LogP contribution is -2.39. The average molecular weight is 467 g/mol. The molecule has 2 fully saturated rings. The van der Waals surface area contributed by atoms with E-state index in [0.29, 0.717) is 26.2 Å². The van der Waals surface area contributed by atoms with Crippen LogP contribution in [0.15, 0.2) is 47.5 Å². The fourth-order valence-corrected chi connectivity index (χ4v) is 5.21. The van der Waals surface area contributed by atoms with Gasteiger partial charge < -0.3 is 29.4 Å². The van der Waals surface area contributed by atoms with Gasteiger partial charge in [-0.25, -0.2) is 4.39 Å². The summed E-state index contributed by atoms with van der Waals surface area (Å²) in [6.45, 7) is 5.50. The average Bonchev–Trinajstić information content (AvgIpc) is 3.36. The molecule has 3 heterocycles. The Balaban J connectivity index is 1.29.